The van der Waals surface area contributed by atoms with Gasteiger partial charge in [0, 0.05) is 25.6 Å². The predicted octanol–water partition coefficient (Wildman–Crippen LogP) is 3.73. The lowest BCUT2D eigenvalue weighted by Gasteiger charge is -2.30. The van der Waals surface area contributed by atoms with E-state index in [1.165, 1.54) is 0 Å². The van der Waals surface area contributed by atoms with Crippen molar-refractivity contribution in [3.63, 3.8) is 0 Å². The number of aryl methyl sites for hydroxylation is 1. The zero-order valence-electron chi connectivity index (χ0n) is 16.4. The minimum Gasteiger partial charge on any atom is -0.352 e. The standard InChI is InChI=1S/C21H23F3N2O3S/c1-15-5-7-16(8-6-15)14-25-20(27)17-9-11-26(12-10-17)30(28,29)19-4-2-3-18(13-19)21(22,23)24/h2-8,13,17H,9-12,14H2,1H3,(H,25,27). The summed E-state index contributed by atoms with van der Waals surface area (Å²) >= 11 is 0. The van der Waals surface area contributed by atoms with Crippen molar-refractivity contribution in [1.82, 2.24) is 9.62 Å². The molecule has 0 radical (unpaired) electrons. The maximum absolute atomic E-state index is 12.9. The van der Waals surface area contributed by atoms with Crippen LogP contribution in [0.5, 0.6) is 0 Å². The highest BCUT2D eigenvalue weighted by molar-refractivity contribution is 7.89. The number of alkyl halides is 3. The molecule has 30 heavy (non-hydrogen) atoms. The summed E-state index contributed by atoms with van der Waals surface area (Å²) in [6, 6.07) is 11.5. The van der Waals surface area contributed by atoms with E-state index in [9.17, 15) is 26.4 Å². The van der Waals surface area contributed by atoms with Crippen LogP contribution in [-0.4, -0.2) is 31.7 Å². The number of carbonyl (C=O) groups excluding carboxylic acids is 1. The lowest BCUT2D eigenvalue weighted by Crippen LogP contribution is -2.42. The van der Waals surface area contributed by atoms with Crippen LogP contribution in [0.25, 0.3) is 0 Å². The number of halogens is 3. The van der Waals surface area contributed by atoms with E-state index in [0.29, 0.717) is 25.5 Å². The lowest BCUT2D eigenvalue weighted by atomic mass is 9.97. The fourth-order valence-electron chi connectivity index (χ4n) is 3.38. The molecule has 1 aliphatic heterocycles. The topological polar surface area (TPSA) is 66.5 Å². The van der Waals surface area contributed by atoms with Crippen molar-refractivity contribution in [2.75, 3.05) is 13.1 Å². The Morgan fingerprint density at radius 3 is 2.33 bits per heavy atom. The number of nitrogens with one attached hydrogen (secondary N) is 1. The minimum absolute atomic E-state index is 0.0845. The monoisotopic (exact) mass is 440 g/mol. The van der Waals surface area contributed by atoms with Gasteiger partial charge in [-0.3, -0.25) is 4.79 Å². The number of benzene rings is 2. The molecule has 0 aromatic heterocycles. The van der Waals surface area contributed by atoms with Crippen LogP contribution in [0, 0.1) is 12.8 Å². The van der Waals surface area contributed by atoms with Crippen LogP contribution in [0.15, 0.2) is 53.4 Å². The third-order valence-electron chi connectivity index (χ3n) is 5.21. The van der Waals surface area contributed by atoms with Crippen LogP contribution in [-0.2, 0) is 27.5 Å². The van der Waals surface area contributed by atoms with Gasteiger partial charge >= 0.3 is 6.18 Å². The van der Waals surface area contributed by atoms with Crippen molar-refractivity contribution in [1.29, 1.82) is 0 Å². The Morgan fingerprint density at radius 1 is 1.10 bits per heavy atom. The normalized spacial score (nSPS) is 16.4. The van der Waals surface area contributed by atoms with Gasteiger partial charge in [0.1, 0.15) is 0 Å². The molecule has 1 fully saturated rings. The van der Waals surface area contributed by atoms with Gasteiger partial charge in [-0.15, -0.1) is 0 Å². The Balaban J connectivity index is 1.59. The number of sulfonamides is 1. The van der Waals surface area contributed by atoms with Gasteiger partial charge in [-0.1, -0.05) is 35.9 Å². The van der Waals surface area contributed by atoms with Gasteiger partial charge in [0.25, 0.3) is 0 Å². The molecular formula is C21H23F3N2O3S. The summed E-state index contributed by atoms with van der Waals surface area (Å²) in [5.74, 6) is -0.477. The predicted molar refractivity (Wildman–Crippen MR) is 106 cm³/mol. The zero-order valence-corrected chi connectivity index (χ0v) is 17.3. The van der Waals surface area contributed by atoms with Gasteiger partial charge < -0.3 is 5.32 Å². The molecule has 9 heteroatoms. The van der Waals surface area contributed by atoms with E-state index in [4.69, 9.17) is 0 Å². The molecule has 0 bridgehead atoms. The van der Waals surface area contributed by atoms with Crippen molar-refractivity contribution in [3.8, 4) is 0 Å². The number of hydrogen-bond donors (Lipinski definition) is 1. The van der Waals surface area contributed by atoms with Gasteiger partial charge in [0.2, 0.25) is 15.9 Å². The molecule has 0 saturated carbocycles. The highest BCUT2D eigenvalue weighted by atomic mass is 32.2. The molecule has 5 nitrogen and oxygen atoms in total. The SMILES string of the molecule is Cc1ccc(CNC(=O)C2CCN(S(=O)(=O)c3cccc(C(F)(F)F)c3)CC2)cc1. The van der Waals surface area contributed by atoms with Crippen molar-refractivity contribution >= 4 is 15.9 Å². The van der Waals surface area contributed by atoms with Crippen molar-refractivity contribution in [2.24, 2.45) is 5.92 Å². The van der Waals surface area contributed by atoms with Gasteiger partial charge in [-0.25, -0.2) is 8.42 Å². The summed E-state index contributed by atoms with van der Waals surface area (Å²) in [5.41, 5.74) is 1.09. The van der Waals surface area contributed by atoms with Gasteiger partial charge in [0.05, 0.1) is 10.5 Å². The Kier molecular flexibility index (Phi) is 6.52. The third kappa shape index (κ3) is 5.20. The molecule has 0 aliphatic carbocycles. The fourth-order valence-corrected chi connectivity index (χ4v) is 4.90. The molecular weight excluding hydrogens is 417 g/mol. The summed E-state index contributed by atoms with van der Waals surface area (Å²) in [5, 5.41) is 2.87. The molecule has 2 aromatic carbocycles. The van der Waals surface area contributed by atoms with Gasteiger partial charge in [-0.2, -0.15) is 17.5 Å². The highest BCUT2D eigenvalue weighted by Crippen LogP contribution is 2.32. The Hall–Kier alpha value is -2.39. The number of carbonyl (C=O) groups is 1. The van der Waals surface area contributed by atoms with Crippen LogP contribution in [0.4, 0.5) is 13.2 Å². The van der Waals surface area contributed by atoms with Gasteiger partial charge in [0.15, 0.2) is 0 Å². The third-order valence-corrected chi connectivity index (χ3v) is 7.11. The van der Waals surface area contributed by atoms with Crippen LogP contribution in [0.2, 0.25) is 0 Å². The van der Waals surface area contributed by atoms with Crippen molar-refractivity contribution in [3.05, 3.63) is 65.2 Å². The van der Waals surface area contributed by atoms with Crippen LogP contribution < -0.4 is 5.32 Å². The highest BCUT2D eigenvalue weighted by Gasteiger charge is 2.35. The summed E-state index contributed by atoms with van der Waals surface area (Å²) in [7, 11) is -4.05. The van der Waals surface area contributed by atoms with Crippen LogP contribution in [0.3, 0.4) is 0 Å². The van der Waals surface area contributed by atoms with Crippen LogP contribution >= 0.6 is 0 Å². The number of amides is 1. The summed E-state index contributed by atoms with van der Waals surface area (Å²) in [6.07, 6.45) is -3.98. The van der Waals surface area contributed by atoms with Crippen LogP contribution in [0.1, 0.15) is 29.5 Å². The zero-order chi connectivity index (χ0) is 21.9. The first-order chi connectivity index (χ1) is 14.1. The van der Waals surface area contributed by atoms with E-state index < -0.39 is 21.8 Å². The summed E-state index contributed by atoms with van der Waals surface area (Å²) in [6.45, 7) is 2.54. The smallest absolute Gasteiger partial charge is 0.352 e. The first-order valence-corrected chi connectivity index (χ1v) is 11.0. The van der Waals surface area contributed by atoms with E-state index in [-0.39, 0.29) is 29.8 Å². The van der Waals surface area contributed by atoms with E-state index in [1.807, 2.05) is 31.2 Å². The van der Waals surface area contributed by atoms with Gasteiger partial charge in [-0.05, 0) is 43.5 Å². The minimum atomic E-state index is -4.62. The summed E-state index contributed by atoms with van der Waals surface area (Å²) < 4.78 is 65.3. The molecule has 3 rings (SSSR count). The quantitative estimate of drug-likeness (QED) is 0.771. The number of nitrogens with zero attached hydrogens (tertiary/aromatic N) is 1. The number of hydrogen-bond acceptors (Lipinski definition) is 3. The second-order valence-electron chi connectivity index (χ2n) is 7.41. The molecule has 162 valence electrons. The largest absolute Gasteiger partial charge is 0.416 e. The maximum Gasteiger partial charge on any atom is 0.416 e. The molecule has 1 amide bonds. The number of rotatable bonds is 5. The average molecular weight is 440 g/mol. The Morgan fingerprint density at radius 2 is 1.73 bits per heavy atom. The van der Waals surface area contributed by atoms with Crippen molar-refractivity contribution in [2.45, 2.75) is 37.4 Å². The molecule has 0 atom stereocenters. The summed E-state index contributed by atoms with van der Waals surface area (Å²) in [4.78, 5) is 12.0. The van der Waals surface area contributed by atoms with E-state index >= 15 is 0 Å². The molecule has 0 unspecified atom stereocenters. The second kappa shape index (κ2) is 8.77. The lowest BCUT2D eigenvalue weighted by molar-refractivity contribution is -0.137. The van der Waals surface area contributed by atoms with E-state index in [2.05, 4.69) is 5.32 Å². The van der Waals surface area contributed by atoms with E-state index in [1.54, 1.807) is 0 Å². The van der Waals surface area contributed by atoms with Crippen molar-refractivity contribution < 1.29 is 26.4 Å². The average Bonchev–Trinajstić information content (AvgIpc) is 2.72. The fraction of sp³-hybridized carbons (Fsp3) is 0.381. The Bertz CT molecular complexity index is 997. The molecule has 2 aromatic rings. The van der Waals surface area contributed by atoms with E-state index in [0.717, 1.165) is 33.6 Å². The number of piperidine rings is 1. The molecule has 1 heterocycles. The maximum atomic E-state index is 12.9. The first-order valence-electron chi connectivity index (χ1n) is 9.58. The molecule has 1 saturated heterocycles. The molecule has 0 spiro atoms. The Labute approximate surface area is 173 Å². The first kappa shape index (κ1) is 22.3. The molecule has 1 aliphatic rings. The second-order valence-corrected chi connectivity index (χ2v) is 9.35. The molecule has 1 N–H and O–H groups in total.